The van der Waals surface area contributed by atoms with E-state index in [1.54, 1.807) is 17.2 Å². The molecule has 5 nitrogen and oxygen atoms in total. The monoisotopic (exact) mass is 272 g/mol. The third-order valence-electron chi connectivity index (χ3n) is 3.87. The van der Waals surface area contributed by atoms with Gasteiger partial charge in [0.1, 0.15) is 0 Å². The molecule has 0 spiro atoms. The van der Waals surface area contributed by atoms with Crippen LogP contribution in [0.1, 0.15) is 29.6 Å². The zero-order valence-corrected chi connectivity index (χ0v) is 11.0. The van der Waals surface area contributed by atoms with E-state index in [4.69, 9.17) is 5.11 Å². The number of para-hydroxylation sites is 1. The van der Waals surface area contributed by atoms with Gasteiger partial charge in [0.25, 0.3) is 5.91 Å². The van der Waals surface area contributed by atoms with Crippen molar-refractivity contribution < 1.29 is 14.7 Å². The van der Waals surface area contributed by atoms with Crippen LogP contribution in [-0.4, -0.2) is 39.5 Å². The lowest BCUT2D eigenvalue weighted by Gasteiger charge is -2.23. The van der Waals surface area contributed by atoms with Gasteiger partial charge in [0.15, 0.2) is 0 Å². The molecular formula is C15H16N2O3. The number of aromatic nitrogens is 1. The topological polar surface area (TPSA) is 73.4 Å². The van der Waals surface area contributed by atoms with Crippen LogP contribution in [0.5, 0.6) is 0 Å². The van der Waals surface area contributed by atoms with Gasteiger partial charge < -0.3 is 15.0 Å². The van der Waals surface area contributed by atoms with Crippen molar-refractivity contribution >= 4 is 22.8 Å². The SMILES string of the molecule is O=C(O)CC1CCCN1C(=O)c1cccc2cc[nH]c12. The standard InChI is InChI=1S/C15H16N2O3/c18-13(19)9-11-4-2-8-17(11)15(20)12-5-1-3-10-6-7-16-14(10)12/h1,3,5-7,11,16H,2,4,8-9H2,(H,18,19). The van der Waals surface area contributed by atoms with Crippen molar-refractivity contribution in [1.29, 1.82) is 0 Å². The van der Waals surface area contributed by atoms with E-state index in [1.165, 1.54) is 0 Å². The van der Waals surface area contributed by atoms with Crippen molar-refractivity contribution in [3.63, 3.8) is 0 Å². The molecule has 1 saturated heterocycles. The van der Waals surface area contributed by atoms with E-state index < -0.39 is 5.97 Å². The van der Waals surface area contributed by atoms with Crippen LogP contribution in [0.25, 0.3) is 10.9 Å². The molecule has 104 valence electrons. The van der Waals surface area contributed by atoms with Crippen molar-refractivity contribution in [3.8, 4) is 0 Å². The van der Waals surface area contributed by atoms with E-state index in [2.05, 4.69) is 4.98 Å². The molecule has 2 heterocycles. The number of carboxylic acid groups (broad SMARTS) is 1. The Morgan fingerprint density at radius 1 is 1.35 bits per heavy atom. The molecule has 0 saturated carbocycles. The summed E-state index contributed by atoms with van der Waals surface area (Å²) in [6, 6.07) is 7.32. The zero-order valence-electron chi connectivity index (χ0n) is 11.0. The summed E-state index contributed by atoms with van der Waals surface area (Å²) in [5.74, 6) is -0.936. The van der Waals surface area contributed by atoms with Crippen molar-refractivity contribution in [2.24, 2.45) is 0 Å². The molecule has 0 radical (unpaired) electrons. The molecule has 1 aliphatic heterocycles. The van der Waals surface area contributed by atoms with Crippen molar-refractivity contribution in [2.75, 3.05) is 6.54 Å². The van der Waals surface area contributed by atoms with Gasteiger partial charge in [-0.25, -0.2) is 0 Å². The number of aromatic amines is 1. The van der Waals surface area contributed by atoms with Gasteiger partial charge in [-0.1, -0.05) is 12.1 Å². The maximum atomic E-state index is 12.7. The average Bonchev–Trinajstić information content (AvgIpc) is 3.05. The van der Waals surface area contributed by atoms with Gasteiger partial charge in [0, 0.05) is 24.2 Å². The van der Waals surface area contributed by atoms with Crippen LogP contribution in [0, 0.1) is 0 Å². The summed E-state index contributed by atoms with van der Waals surface area (Å²) in [6.07, 6.45) is 3.45. The number of aliphatic carboxylic acids is 1. The van der Waals surface area contributed by atoms with Crippen LogP contribution >= 0.6 is 0 Å². The fraction of sp³-hybridized carbons (Fsp3) is 0.333. The summed E-state index contributed by atoms with van der Waals surface area (Å²) in [5.41, 5.74) is 1.43. The Balaban J connectivity index is 1.92. The van der Waals surface area contributed by atoms with Crippen LogP contribution in [0.3, 0.4) is 0 Å². The highest BCUT2D eigenvalue weighted by molar-refractivity contribution is 6.06. The number of fused-ring (bicyclic) bond motifs is 1. The fourth-order valence-corrected chi connectivity index (χ4v) is 2.93. The summed E-state index contributed by atoms with van der Waals surface area (Å²) in [7, 11) is 0. The molecule has 2 N–H and O–H groups in total. The summed E-state index contributed by atoms with van der Waals surface area (Å²) in [4.78, 5) is 28.3. The maximum Gasteiger partial charge on any atom is 0.305 e. The van der Waals surface area contributed by atoms with Gasteiger partial charge in [-0.15, -0.1) is 0 Å². The number of likely N-dealkylation sites (tertiary alicyclic amines) is 1. The Kier molecular flexibility index (Phi) is 3.18. The highest BCUT2D eigenvalue weighted by Crippen LogP contribution is 2.25. The molecule has 1 aromatic carbocycles. The fourth-order valence-electron chi connectivity index (χ4n) is 2.93. The number of hydrogen-bond acceptors (Lipinski definition) is 2. The lowest BCUT2D eigenvalue weighted by Crippen LogP contribution is -2.36. The molecule has 0 aliphatic carbocycles. The van der Waals surface area contributed by atoms with E-state index in [0.717, 1.165) is 23.7 Å². The number of H-pyrrole nitrogens is 1. The van der Waals surface area contributed by atoms with Crippen molar-refractivity contribution in [3.05, 3.63) is 36.0 Å². The number of carboxylic acids is 1. The number of carbonyl (C=O) groups is 2. The summed E-state index contributed by atoms with van der Waals surface area (Å²) in [5, 5.41) is 9.93. The summed E-state index contributed by atoms with van der Waals surface area (Å²) >= 11 is 0. The molecule has 2 aromatic rings. The van der Waals surface area contributed by atoms with Crippen LogP contribution in [0.15, 0.2) is 30.5 Å². The summed E-state index contributed by atoms with van der Waals surface area (Å²) < 4.78 is 0. The predicted molar refractivity (Wildman–Crippen MR) is 74.6 cm³/mol. The number of nitrogens with zero attached hydrogens (tertiary/aromatic N) is 1. The number of carbonyl (C=O) groups excluding carboxylic acids is 1. The van der Waals surface area contributed by atoms with Crippen LogP contribution in [0.2, 0.25) is 0 Å². The zero-order chi connectivity index (χ0) is 14.1. The van der Waals surface area contributed by atoms with Gasteiger partial charge in [0.2, 0.25) is 0 Å². The first-order chi connectivity index (χ1) is 9.66. The molecule has 1 amide bonds. The van der Waals surface area contributed by atoms with Gasteiger partial charge in [-0.05, 0) is 25.0 Å². The van der Waals surface area contributed by atoms with E-state index in [9.17, 15) is 9.59 Å². The van der Waals surface area contributed by atoms with Gasteiger partial charge >= 0.3 is 5.97 Å². The van der Waals surface area contributed by atoms with E-state index >= 15 is 0 Å². The molecular weight excluding hydrogens is 256 g/mol. The van der Waals surface area contributed by atoms with Gasteiger partial charge in [-0.2, -0.15) is 0 Å². The average molecular weight is 272 g/mol. The Labute approximate surface area is 116 Å². The normalized spacial score (nSPS) is 18.6. The molecule has 5 heteroatoms. The van der Waals surface area contributed by atoms with Crippen molar-refractivity contribution in [2.45, 2.75) is 25.3 Å². The smallest absolute Gasteiger partial charge is 0.305 e. The van der Waals surface area contributed by atoms with E-state index in [-0.39, 0.29) is 18.4 Å². The summed E-state index contributed by atoms with van der Waals surface area (Å²) in [6.45, 7) is 0.633. The second kappa shape index (κ2) is 5.00. The number of rotatable bonds is 3. The van der Waals surface area contributed by atoms with Crippen LogP contribution in [0.4, 0.5) is 0 Å². The van der Waals surface area contributed by atoms with Crippen LogP contribution < -0.4 is 0 Å². The molecule has 20 heavy (non-hydrogen) atoms. The minimum Gasteiger partial charge on any atom is -0.481 e. The largest absolute Gasteiger partial charge is 0.481 e. The molecule has 1 fully saturated rings. The second-order valence-electron chi connectivity index (χ2n) is 5.14. The quantitative estimate of drug-likeness (QED) is 0.900. The molecule has 1 atom stereocenters. The second-order valence-corrected chi connectivity index (χ2v) is 5.14. The predicted octanol–water partition coefficient (Wildman–Crippen LogP) is 2.25. The Hall–Kier alpha value is -2.30. The highest BCUT2D eigenvalue weighted by Gasteiger charge is 2.31. The van der Waals surface area contributed by atoms with E-state index in [1.807, 2.05) is 18.2 Å². The van der Waals surface area contributed by atoms with E-state index in [0.29, 0.717) is 12.1 Å². The maximum absolute atomic E-state index is 12.7. The minimum absolute atomic E-state index is 0.0203. The number of hydrogen-bond donors (Lipinski definition) is 2. The molecule has 0 bridgehead atoms. The number of amides is 1. The first-order valence-corrected chi connectivity index (χ1v) is 6.75. The highest BCUT2D eigenvalue weighted by atomic mass is 16.4. The van der Waals surface area contributed by atoms with Gasteiger partial charge in [0.05, 0.1) is 17.5 Å². The lowest BCUT2D eigenvalue weighted by molar-refractivity contribution is -0.137. The molecule has 1 aromatic heterocycles. The first kappa shape index (κ1) is 12.7. The third kappa shape index (κ3) is 2.15. The molecule has 1 aliphatic rings. The molecule has 3 rings (SSSR count). The number of benzene rings is 1. The third-order valence-corrected chi connectivity index (χ3v) is 3.87. The molecule has 1 unspecified atom stereocenters. The van der Waals surface area contributed by atoms with Crippen molar-refractivity contribution in [1.82, 2.24) is 9.88 Å². The minimum atomic E-state index is -0.854. The first-order valence-electron chi connectivity index (χ1n) is 6.75. The Morgan fingerprint density at radius 3 is 3.00 bits per heavy atom. The van der Waals surface area contributed by atoms with Gasteiger partial charge in [-0.3, -0.25) is 9.59 Å². The Bertz CT molecular complexity index is 662. The van der Waals surface area contributed by atoms with Crippen LogP contribution in [-0.2, 0) is 4.79 Å². The number of nitrogens with one attached hydrogen (secondary N) is 1. The Morgan fingerprint density at radius 2 is 2.20 bits per heavy atom. The lowest BCUT2D eigenvalue weighted by atomic mass is 10.1.